The third kappa shape index (κ3) is 3.95. The molecule has 2 aromatic rings. The molecule has 3 amide bonds. The number of amides is 3. The van der Waals surface area contributed by atoms with Crippen LogP contribution in [0.25, 0.3) is 10.9 Å². The molecule has 134 valence electrons. The van der Waals surface area contributed by atoms with Gasteiger partial charge in [-0.3, -0.25) is 4.79 Å². The maximum atomic E-state index is 13.0. The first-order valence-electron chi connectivity index (χ1n) is 8.83. The number of primary amides is 1. The number of carbonyl (C=O) groups excluding carboxylic acids is 2. The van der Waals surface area contributed by atoms with Gasteiger partial charge in [-0.05, 0) is 29.9 Å². The normalized spacial score (nSPS) is 21.9. The predicted octanol–water partition coefficient (Wildman–Crippen LogP) is 2.25. The van der Waals surface area contributed by atoms with Crippen LogP contribution in [0.4, 0.5) is 4.79 Å². The van der Waals surface area contributed by atoms with Crippen molar-refractivity contribution in [3.05, 3.63) is 36.0 Å². The number of piperidine rings is 1. The van der Waals surface area contributed by atoms with E-state index < -0.39 is 12.1 Å². The molecule has 6 heteroatoms. The van der Waals surface area contributed by atoms with Gasteiger partial charge in [-0.1, -0.05) is 32.0 Å². The molecule has 25 heavy (non-hydrogen) atoms. The van der Waals surface area contributed by atoms with E-state index in [0.29, 0.717) is 18.3 Å². The number of hydrogen-bond acceptors (Lipinski definition) is 2. The van der Waals surface area contributed by atoms with Gasteiger partial charge in [0.1, 0.15) is 6.04 Å². The largest absolute Gasteiger partial charge is 0.361 e. The zero-order valence-corrected chi connectivity index (χ0v) is 14.8. The van der Waals surface area contributed by atoms with Crippen molar-refractivity contribution in [2.24, 2.45) is 17.6 Å². The topological polar surface area (TPSA) is 91.2 Å². The third-order valence-electron chi connectivity index (χ3n) is 4.89. The number of nitrogens with zero attached hydrogens (tertiary/aromatic N) is 1. The average molecular weight is 342 g/mol. The molecular formula is C19H26N4O2. The van der Waals surface area contributed by atoms with Crippen molar-refractivity contribution in [3.63, 3.8) is 0 Å². The van der Waals surface area contributed by atoms with Gasteiger partial charge in [-0.2, -0.15) is 0 Å². The molecule has 1 aliphatic heterocycles. The maximum Gasteiger partial charge on any atom is 0.312 e. The van der Waals surface area contributed by atoms with Crippen LogP contribution in [0.15, 0.2) is 30.5 Å². The molecule has 0 radical (unpaired) electrons. The molecule has 3 rings (SSSR count). The van der Waals surface area contributed by atoms with E-state index >= 15 is 0 Å². The fourth-order valence-corrected chi connectivity index (χ4v) is 3.96. The fraction of sp³-hybridized carbons (Fsp3) is 0.474. The number of H-pyrrole nitrogens is 1. The van der Waals surface area contributed by atoms with E-state index in [1.54, 1.807) is 0 Å². The Hall–Kier alpha value is -2.50. The summed E-state index contributed by atoms with van der Waals surface area (Å²) in [6.45, 7) is 5.78. The molecule has 0 bridgehead atoms. The second-order valence-electron chi connectivity index (χ2n) is 7.31. The summed E-state index contributed by atoms with van der Waals surface area (Å²) < 4.78 is 0. The number of benzene rings is 1. The van der Waals surface area contributed by atoms with E-state index in [2.05, 4.69) is 24.1 Å². The van der Waals surface area contributed by atoms with Crippen molar-refractivity contribution < 1.29 is 9.59 Å². The SMILES string of the molecule is C[C@@H]1C[C@@H](C)CN(C(=O)[C@@H](Cc2c[nH]c3ccccc23)NC(N)=O)C1. The molecule has 2 heterocycles. The van der Waals surface area contributed by atoms with Gasteiger partial charge in [0.15, 0.2) is 0 Å². The summed E-state index contributed by atoms with van der Waals surface area (Å²) in [5.74, 6) is 0.882. The summed E-state index contributed by atoms with van der Waals surface area (Å²) in [5, 5.41) is 3.71. The van der Waals surface area contributed by atoms with Crippen molar-refractivity contribution in [1.82, 2.24) is 15.2 Å². The quantitative estimate of drug-likeness (QED) is 0.795. The highest BCUT2D eigenvalue weighted by Crippen LogP contribution is 2.23. The number of carbonyl (C=O) groups is 2. The van der Waals surface area contributed by atoms with Crippen LogP contribution in [0.3, 0.4) is 0 Å². The standard InChI is InChI=1S/C19H26N4O2/c1-12-7-13(2)11-23(10-12)18(24)17(22-19(20)25)8-14-9-21-16-6-4-3-5-15(14)16/h3-6,9,12-13,17,21H,7-8,10-11H2,1-2H3,(H3,20,22,25)/t12-,13-,17-/m1/s1. The van der Waals surface area contributed by atoms with E-state index in [0.717, 1.165) is 36.0 Å². The van der Waals surface area contributed by atoms with Crippen LogP contribution >= 0.6 is 0 Å². The zero-order valence-electron chi connectivity index (χ0n) is 14.8. The first-order chi connectivity index (χ1) is 11.9. The van der Waals surface area contributed by atoms with Gasteiger partial charge in [-0.25, -0.2) is 4.79 Å². The minimum Gasteiger partial charge on any atom is -0.361 e. The number of hydrogen-bond donors (Lipinski definition) is 3. The summed E-state index contributed by atoms with van der Waals surface area (Å²) in [6.07, 6.45) is 3.44. The van der Waals surface area contributed by atoms with E-state index in [4.69, 9.17) is 5.73 Å². The van der Waals surface area contributed by atoms with Crippen LogP contribution < -0.4 is 11.1 Å². The summed E-state index contributed by atoms with van der Waals surface area (Å²) in [6, 6.07) is 6.61. The Kier molecular flexibility index (Phi) is 4.97. The van der Waals surface area contributed by atoms with Gasteiger partial charge in [0.05, 0.1) is 0 Å². The lowest BCUT2D eigenvalue weighted by Crippen LogP contribution is -2.54. The minimum absolute atomic E-state index is 0.0533. The van der Waals surface area contributed by atoms with E-state index in [1.165, 1.54) is 0 Å². The molecule has 1 aromatic carbocycles. The Morgan fingerprint density at radius 3 is 2.64 bits per heavy atom. The van der Waals surface area contributed by atoms with E-state index in [1.807, 2.05) is 35.4 Å². The lowest BCUT2D eigenvalue weighted by Gasteiger charge is -2.37. The van der Waals surface area contributed by atoms with Crippen LogP contribution in [-0.4, -0.2) is 41.0 Å². The molecule has 1 aliphatic rings. The van der Waals surface area contributed by atoms with Gasteiger partial charge in [0, 0.05) is 36.6 Å². The lowest BCUT2D eigenvalue weighted by molar-refractivity contribution is -0.135. The van der Waals surface area contributed by atoms with Gasteiger partial charge < -0.3 is 20.9 Å². The van der Waals surface area contributed by atoms with Crippen molar-refractivity contribution in [2.75, 3.05) is 13.1 Å². The highest BCUT2D eigenvalue weighted by molar-refractivity contribution is 5.89. The molecule has 1 aromatic heterocycles. The Bertz CT molecular complexity index is 760. The molecular weight excluding hydrogens is 316 g/mol. The second kappa shape index (κ2) is 7.17. The predicted molar refractivity (Wildman–Crippen MR) is 98.0 cm³/mol. The van der Waals surface area contributed by atoms with Gasteiger partial charge >= 0.3 is 6.03 Å². The highest BCUT2D eigenvalue weighted by Gasteiger charge is 2.31. The highest BCUT2D eigenvalue weighted by atomic mass is 16.2. The molecule has 0 spiro atoms. The number of urea groups is 1. The maximum absolute atomic E-state index is 13.0. The number of para-hydroxylation sites is 1. The first kappa shape index (κ1) is 17.3. The monoisotopic (exact) mass is 342 g/mol. The smallest absolute Gasteiger partial charge is 0.312 e. The molecule has 0 aliphatic carbocycles. The van der Waals surface area contributed by atoms with E-state index in [9.17, 15) is 9.59 Å². The van der Waals surface area contributed by atoms with Gasteiger partial charge in [-0.15, -0.1) is 0 Å². The molecule has 1 fully saturated rings. The summed E-state index contributed by atoms with van der Waals surface area (Å²) in [5.41, 5.74) is 7.35. The molecule has 0 unspecified atom stereocenters. The summed E-state index contributed by atoms with van der Waals surface area (Å²) in [4.78, 5) is 29.6. The third-order valence-corrected chi connectivity index (χ3v) is 4.89. The van der Waals surface area contributed by atoms with Crippen molar-refractivity contribution in [2.45, 2.75) is 32.7 Å². The number of nitrogens with two attached hydrogens (primary N) is 1. The minimum atomic E-state index is -0.670. The Morgan fingerprint density at radius 1 is 1.28 bits per heavy atom. The molecule has 1 saturated heterocycles. The van der Waals surface area contributed by atoms with Crippen LogP contribution in [-0.2, 0) is 11.2 Å². The van der Waals surface area contributed by atoms with Crippen molar-refractivity contribution in [3.8, 4) is 0 Å². The number of aromatic nitrogens is 1. The van der Waals surface area contributed by atoms with Crippen LogP contribution in [0.5, 0.6) is 0 Å². The number of fused-ring (bicyclic) bond motifs is 1. The molecule has 4 N–H and O–H groups in total. The van der Waals surface area contributed by atoms with Crippen molar-refractivity contribution in [1.29, 1.82) is 0 Å². The Morgan fingerprint density at radius 2 is 1.96 bits per heavy atom. The summed E-state index contributed by atoms with van der Waals surface area (Å²) in [7, 11) is 0. The van der Waals surface area contributed by atoms with Gasteiger partial charge in [0.2, 0.25) is 5.91 Å². The summed E-state index contributed by atoms with van der Waals surface area (Å²) >= 11 is 0. The number of nitrogens with one attached hydrogen (secondary N) is 2. The first-order valence-corrected chi connectivity index (χ1v) is 8.83. The average Bonchev–Trinajstić information content (AvgIpc) is 2.95. The molecule has 0 saturated carbocycles. The van der Waals surface area contributed by atoms with Gasteiger partial charge in [0.25, 0.3) is 0 Å². The zero-order chi connectivity index (χ0) is 18.0. The van der Waals surface area contributed by atoms with Crippen LogP contribution in [0.1, 0.15) is 25.8 Å². The second-order valence-corrected chi connectivity index (χ2v) is 7.31. The Labute approximate surface area is 147 Å². The number of rotatable bonds is 4. The molecule has 6 nitrogen and oxygen atoms in total. The Balaban J connectivity index is 1.81. The number of aromatic amines is 1. The van der Waals surface area contributed by atoms with E-state index in [-0.39, 0.29) is 5.91 Å². The van der Waals surface area contributed by atoms with Crippen LogP contribution in [0.2, 0.25) is 0 Å². The van der Waals surface area contributed by atoms with Crippen molar-refractivity contribution >= 4 is 22.8 Å². The molecule has 3 atom stereocenters. The van der Waals surface area contributed by atoms with Crippen LogP contribution in [0, 0.1) is 11.8 Å². The lowest BCUT2D eigenvalue weighted by atomic mass is 9.91. The fourth-order valence-electron chi connectivity index (χ4n) is 3.96. The number of likely N-dealkylation sites (tertiary alicyclic amines) is 1.